The number of likely N-dealkylation sites (tertiary alicyclic amines) is 1. The normalized spacial score (nSPS) is 20.3. The first-order valence-corrected chi connectivity index (χ1v) is 6.76. The molecule has 0 spiro atoms. The molecule has 0 aromatic carbocycles. The van der Waals surface area contributed by atoms with Crippen LogP contribution >= 0.6 is 0 Å². The molecule has 1 aliphatic heterocycles. The van der Waals surface area contributed by atoms with Gasteiger partial charge in [-0.25, -0.2) is 0 Å². The first-order chi connectivity index (χ1) is 9.28. The summed E-state index contributed by atoms with van der Waals surface area (Å²) >= 11 is 0. The van der Waals surface area contributed by atoms with Crippen molar-refractivity contribution in [1.29, 1.82) is 0 Å². The first-order valence-electron chi connectivity index (χ1n) is 6.76. The summed E-state index contributed by atoms with van der Waals surface area (Å²) < 4.78 is 10.7. The van der Waals surface area contributed by atoms with Gasteiger partial charge in [0, 0.05) is 25.4 Å². The minimum Gasteiger partial charge on any atom is -0.493 e. The van der Waals surface area contributed by atoms with Gasteiger partial charge in [0.25, 0.3) is 0 Å². The van der Waals surface area contributed by atoms with Crippen molar-refractivity contribution in [3.63, 3.8) is 0 Å². The number of aromatic nitrogens is 1. The van der Waals surface area contributed by atoms with Gasteiger partial charge in [-0.15, -0.1) is 0 Å². The molecule has 0 amide bonds. The van der Waals surface area contributed by atoms with Crippen LogP contribution in [0.2, 0.25) is 0 Å². The molecule has 1 aromatic heterocycles. The molecular formula is C14H23N3O2. The number of rotatable bonds is 5. The predicted octanol–water partition coefficient (Wildman–Crippen LogP) is 1.27. The summed E-state index contributed by atoms with van der Waals surface area (Å²) in [7, 11) is 3.30. The van der Waals surface area contributed by atoms with E-state index in [9.17, 15) is 0 Å². The SMILES string of the molecule is COc1ccnc(CN2CCCC(CN)C2)c1OC. The van der Waals surface area contributed by atoms with E-state index in [1.165, 1.54) is 12.8 Å². The Morgan fingerprint density at radius 3 is 2.95 bits per heavy atom. The summed E-state index contributed by atoms with van der Waals surface area (Å²) in [4.78, 5) is 6.82. The van der Waals surface area contributed by atoms with Crippen LogP contribution in [0.25, 0.3) is 0 Å². The molecule has 106 valence electrons. The summed E-state index contributed by atoms with van der Waals surface area (Å²) in [5.74, 6) is 2.07. The Labute approximate surface area is 114 Å². The van der Waals surface area contributed by atoms with Crippen LogP contribution in [0.3, 0.4) is 0 Å². The maximum atomic E-state index is 5.77. The molecule has 19 heavy (non-hydrogen) atoms. The summed E-state index contributed by atoms with van der Waals surface area (Å²) in [5, 5.41) is 0. The van der Waals surface area contributed by atoms with Crippen molar-refractivity contribution < 1.29 is 9.47 Å². The molecule has 0 radical (unpaired) electrons. The quantitative estimate of drug-likeness (QED) is 0.868. The standard InChI is InChI=1S/C14H23N3O2/c1-18-13-5-6-16-12(14(13)19-2)10-17-7-3-4-11(8-15)9-17/h5-6,11H,3-4,7-10,15H2,1-2H3. The molecular weight excluding hydrogens is 242 g/mol. The van der Waals surface area contributed by atoms with Gasteiger partial charge < -0.3 is 15.2 Å². The Bertz CT molecular complexity index is 412. The third-order valence-corrected chi connectivity index (χ3v) is 3.68. The summed E-state index contributed by atoms with van der Waals surface area (Å²) in [6, 6.07) is 1.82. The summed E-state index contributed by atoms with van der Waals surface area (Å²) in [5.41, 5.74) is 6.70. The van der Waals surface area contributed by atoms with Crippen molar-refractivity contribution in [2.45, 2.75) is 19.4 Å². The molecule has 5 heteroatoms. The van der Waals surface area contributed by atoms with E-state index < -0.39 is 0 Å². The lowest BCUT2D eigenvalue weighted by Gasteiger charge is -2.32. The van der Waals surface area contributed by atoms with Crippen molar-refractivity contribution in [3.05, 3.63) is 18.0 Å². The predicted molar refractivity (Wildman–Crippen MR) is 74.4 cm³/mol. The van der Waals surface area contributed by atoms with Crippen LogP contribution in [0, 0.1) is 5.92 Å². The van der Waals surface area contributed by atoms with Gasteiger partial charge in [0.1, 0.15) is 5.69 Å². The lowest BCUT2D eigenvalue weighted by molar-refractivity contribution is 0.167. The highest BCUT2D eigenvalue weighted by Gasteiger charge is 2.21. The van der Waals surface area contributed by atoms with E-state index in [2.05, 4.69) is 9.88 Å². The maximum Gasteiger partial charge on any atom is 0.183 e. The van der Waals surface area contributed by atoms with Crippen molar-refractivity contribution in [2.24, 2.45) is 11.7 Å². The largest absolute Gasteiger partial charge is 0.493 e. The van der Waals surface area contributed by atoms with E-state index >= 15 is 0 Å². The fraction of sp³-hybridized carbons (Fsp3) is 0.643. The van der Waals surface area contributed by atoms with Crippen LogP contribution in [0.15, 0.2) is 12.3 Å². The zero-order valence-electron chi connectivity index (χ0n) is 11.8. The highest BCUT2D eigenvalue weighted by atomic mass is 16.5. The molecule has 2 rings (SSSR count). The number of hydrogen-bond donors (Lipinski definition) is 1. The van der Waals surface area contributed by atoms with Crippen molar-refractivity contribution in [2.75, 3.05) is 33.9 Å². The van der Waals surface area contributed by atoms with Gasteiger partial charge in [-0.1, -0.05) is 0 Å². The Morgan fingerprint density at radius 1 is 1.42 bits per heavy atom. The third kappa shape index (κ3) is 3.36. The monoisotopic (exact) mass is 265 g/mol. The molecule has 0 saturated carbocycles. The zero-order valence-corrected chi connectivity index (χ0v) is 11.8. The molecule has 1 atom stereocenters. The molecule has 5 nitrogen and oxygen atoms in total. The molecule has 0 aliphatic carbocycles. The molecule has 2 heterocycles. The minimum absolute atomic E-state index is 0.602. The second-order valence-electron chi connectivity index (χ2n) is 4.97. The van der Waals surface area contributed by atoms with Crippen LogP contribution in [-0.2, 0) is 6.54 Å². The summed E-state index contributed by atoms with van der Waals surface area (Å²) in [6.07, 6.45) is 4.20. The van der Waals surface area contributed by atoms with Crippen LogP contribution in [0.1, 0.15) is 18.5 Å². The first kappa shape index (κ1) is 14.1. The number of hydrogen-bond acceptors (Lipinski definition) is 5. The molecule has 1 unspecified atom stereocenters. The highest BCUT2D eigenvalue weighted by Crippen LogP contribution is 2.30. The average molecular weight is 265 g/mol. The number of ether oxygens (including phenoxy) is 2. The molecule has 1 aliphatic rings. The van der Waals surface area contributed by atoms with Gasteiger partial charge >= 0.3 is 0 Å². The smallest absolute Gasteiger partial charge is 0.183 e. The van der Waals surface area contributed by atoms with Gasteiger partial charge in [-0.05, 0) is 31.8 Å². The number of nitrogens with zero attached hydrogens (tertiary/aromatic N) is 2. The summed E-state index contributed by atoms with van der Waals surface area (Å²) in [6.45, 7) is 3.69. The average Bonchev–Trinajstić information content (AvgIpc) is 2.47. The van der Waals surface area contributed by atoms with E-state index in [1.807, 2.05) is 6.07 Å². The van der Waals surface area contributed by atoms with Gasteiger partial charge in [0.15, 0.2) is 11.5 Å². The van der Waals surface area contributed by atoms with Crippen LogP contribution in [0.5, 0.6) is 11.5 Å². The minimum atomic E-state index is 0.602. The van der Waals surface area contributed by atoms with E-state index in [4.69, 9.17) is 15.2 Å². The second-order valence-corrected chi connectivity index (χ2v) is 4.97. The number of methoxy groups -OCH3 is 2. The Kier molecular flexibility index (Phi) is 4.99. The molecule has 1 aromatic rings. The number of piperidine rings is 1. The topological polar surface area (TPSA) is 60.6 Å². The Balaban J connectivity index is 2.10. The van der Waals surface area contributed by atoms with Crippen molar-refractivity contribution in [1.82, 2.24) is 9.88 Å². The van der Waals surface area contributed by atoms with Crippen molar-refractivity contribution >= 4 is 0 Å². The van der Waals surface area contributed by atoms with Crippen LogP contribution < -0.4 is 15.2 Å². The molecule has 0 bridgehead atoms. The van der Waals surface area contributed by atoms with E-state index in [-0.39, 0.29) is 0 Å². The number of pyridine rings is 1. The van der Waals surface area contributed by atoms with Gasteiger partial charge in [-0.2, -0.15) is 0 Å². The highest BCUT2D eigenvalue weighted by molar-refractivity contribution is 5.42. The maximum absolute atomic E-state index is 5.77. The van der Waals surface area contributed by atoms with Crippen LogP contribution in [-0.4, -0.2) is 43.7 Å². The molecule has 2 N–H and O–H groups in total. The second kappa shape index (κ2) is 6.73. The van der Waals surface area contributed by atoms with Crippen LogP contribution in [0.4, 0.5) is 0 Å². The van der Waals surface area contributed by atoms with Gasteiger partial charge in [0.05, 0.1) is 14.2 Å². The van der Waals surface area contributed by atoms with Crippen molar-refractivity contribution in [3.8, 4) is 11.5 Å². The lowest BCUT2D eigenvalue weighted by atomic mass is 9.98. The lowest BCUT2D eigenvalue weighted by Crippen LogP contribution is -2.38. The Morgan fingerprint density at radius 2 is 2.26 bits per heavy atom. The molecule has 1 fully saturated rings. The van der Waals surface area contributed by atoms with Gasteiger partial charge in [0.2, 0.25) is 0 Å². The van der Waals surface area contributed by atoms with E-state index in [0.29, 0.717) is 5.92 Å². The fourth-order valence-electron chi connectivity index (χ4n) is 2.66. The molecule has 1 saturated heterocycles. The number of nitrogens with two attached hydrogens (primary N) is 1. The Hall–Kier alpha value is -1.33. The zero-order chi connectivity index (χ0) is 13.7. The van der Waals surface area contributed by atoms with Gasteiger partial charge in [-0.3, -0.25) is 9.88 Å². The van der Waals surface area contributed by atoms with E-state index in [0.717, 1.165) is 43.4 Å². The third-order valence-electron chi connectivity index (χ3n) is 3.68. The fourth-order valence-corrected chi connectivity index (χ4v) is 2.66. The van der Waals surface area contributed by atoms with E-state index in [1.54, 1.807) is 20.4 Å².